The lowest BCUT2D eigenvalue weighted by Crippen LogP contribution is -2.26. The van der Waals surface area contributed by atoms with Gasteiger partial charge in [0, 0.05) is 46.6 Å². The van der Waals surface area contributed by atoms with Crippen molar-refractivity contribution in [1.82, 2.24) is 19.7 Å². The van der Waals surface area contributed by atoms with E-state index in [1.54, 1.807) is 31.7 Å². The lowest BCUT2D eigenvalue weighted by atomic mass is 9.91. The number of aryl methyl sites for hydroxylation is 1. The fourth-order valence-electron chi connectivity index (χ4n) is 4.26. The number of aromatic nitrogens is 4. The molecule has 0 spiro atoms. The highest BCUT2D eigenvalue weighted by Crippen LogP contribution is 2.41. The smallest absolute Gasteiger partial charge is 0.142 e. The van der Waals surface area contributed by atoms with E-state index in [2.05, 4.69) is 21.1 Å². The molecule has 2 N–H and O–H groups in total. The lowest BCUT2D eigenvalue weighted by molar-refractivity contribution is 0.0576. The third kappa shape index (κ3) is 4.48. The van der Waals surface area contributed by atoms with Crippen LogP contribution >= 0.6 is 11.6 Å². The summed E-state index contributed by atoms with van der Waals surface area (Å²) in [5, 5.41) is 15.8. The van der Waals surface area contributed by atoms with E-state index in [4.69, 9.17) is 16.3 Å². The van der Waals surface area contributed by atoms with Crippen molar-refractivity contribution in [1.29, 1.82) is 0 Å². The number of hydrogen-bond acceptors (Lipinski definition) is 4. The molecular formula is C25H28ClFN4O2. The average molecular weight is 471 g/mol. The second-order valence-electron chi connectivity index (χ2n) is 8.92. The first-order valence-electron chi connectivity index (χ1n) is 10.9. The van der Waals surface area contributed by atoms with Crippen molar-refractivity contribution in [2.24, 2.45) is 0 Å². The number of fused-ring (bicyclic) bond motifs is 1. The van der Waals surface area contributed by atoms with Crippen LogP contribution in [0.25, 0.3) is 22.2 Å². The molecule has 4 aromatic rings. The quantitative estimate of drug-likeness (QED) is 0.362. The Hall–Kier alpha value is -2.90. The number of ether oxygens (including phenoxy) is 1. The molecule has 33 heavy (non-hydrogen) atoms. The minimum atomic E-state index is -0.872. The number of aliphatic hydroxyl groups is 1. The highest BCUT2D eigenvalue weighted by Gasteiger charge is 2.23. The second kappa shape index (κ2) is 8.80. The van der Waals surface area contributed by atoms with Crippen molar-refractivity contribution in [2.45, 2.75) is 52.2 Å². The van der Waals surface area contributed by atoms with Crippen LogP contribution in [0.1, 0.15) is 50.4 Å². The van der Waals surface area contributed by atoms with E-state index in [-0.39, 0.29) is 10.9 Å². The van der Waals surface area contributed by atoms with Crippen LogP contribution in [0.3, 0.4) is 0 Å². The first kappa shape index (κ1) is 23.3. The van der Waals surface area contributed by atoms with E-state index >= 15 is 0 Å². The largest absolute Gasteiger partial charge is 0.496 e. The molecule has 174 valence electrons. The topological polar surface area (TPSA) is 76.0 Å². The summed E-state index contributed by atoms with van der Waals surface area (Å²) >= 11 is 6.35. The summed E-state index contributed by atoms with van der Waals surface area (Å²) in [6.45, 7) is 7.92. The molecule has 0 saturated heterocycles. The average Bonchev–Trinajstić information content (AvgIpc) is 3.37. The Morgan fingerprint density at radius 3 is 2.76 bits per heavy atom. The number of benzene rings is 1. The number of aromatic amines is 1. The van der Waals surface area contributed by atoms with Crippen LogP contribution in [-0.4, -0.2) is 37.6 Å². The Labute approximate surface area is 197 Å². The van der Waals surface area contributed by atoms with Gasteiger partial charge in [0.2, 0.25) is 0 Å². The van der Waals surface area contributed by atoms with Crippen molar-refractivity contribution in [3.05, 3.63) is 64.5 Å². The minimum Gasteiger partial charge on any atom is -0.496 e. The Balaban J connectivity index is 1.81. The van der Waals surface area contributed by atoms with Gasteiger partial charge in [0.1, 0.15) is 17.2 Å². The molecule has 0 saturated carbocycles. The van der Waals surface area contributed by atoms with Crippen molar-refractivity contribution in [3.63, 3.8) is 0 Å². The number of H-pyrrole nitrogens is 1. The zero-order chi connectivity index (χ0) is 23.9. The molecule has 6 nitrogen and oxygen atoms in total. The van der Waals surface area contributed by atoms with Crippen LogP contribution in [0.4, 0.5) is 4.39 Å². The molecule has 0 aliphatic carbocycles. The normalized spacial score (nSPS) is 13.0. The number of methoxy groups -OCH3 is 1. The molecule has 0 radical (unpaired) electrons. The zero-order valence-electron chi connectivity index (χ0n) is 19.4. The van der Waals surface area contributed by atoms with E-state index in [1.165, 1.54) is 6.07 Å². The molecule has 1 unspecified atom stereocenters. The Bertz CT molecular complexity index is 1310. The van der Waals surface area contributed by atoms with Gasteiger partial charge in [-0.25, -0.2) is 9.37 Å². The van der Waals surface area contributed by atoms with Gasteiger partial charge in [0.05, 0.1) is 30.0 Å². The maximum absolute atomic E-state index is 14.3. The first-order chi connectivity index (χ1) is 15.6. The summed E-state index contributed by atoms with van der Waals surface area (Å²) in [6, 6.07) is 4.97. The van der Waals surface area contributed by atoms with Crippen molar-refractivity contribution in [2.75, 3.05) is 7.11 Å². The van der Waals surface area contributed by atoms with Crippen molar-refractivity contribution in [3.8, 4) is 16.9 Å². The molecule has 0 aliphatic heterocycles. The third-order valence-electron chi connectivity index (χ3n) is 5.81. The number of nitrogens with one attached hydrogen (secondary N) is 1. The maximum atomic E-state index is 14.3. The van der Waals surface area contributed by atoms with Crippen molar-refractivity contribution < 1.29 is 14.2 Å². The minimum absolute atomic E-state index is 0.0569. The summed E-state index contributed by atoms with van der Waals surface area (Å²) in [6.07, 6.45) is 6.39. The van der Waals surface area contributed by atoms with Gasteiger partial charge in [-0.2, -0.15) is 5.10 Å². The summed E-state index contributed by atoms with van der Waals surface area (Å²) < 4.78 is 21.5. The van der Waals surface area contributed by atoms with Gasteiger partial charge in [-0.3, -0.25) is 4.68 Å². The SMILES string of the molecule is CCc1nn(CC(C)(C)O)cc1-c1cnc2[nH]cc(C(C)c3c(OC)ccc(F)c3Cl)c2c1. The maximum Gasteiger partial charge on any atom is 0.142 e. The highest BCUT2D eigenvalue weighted by molar-refractivity contribution is 6.31. The van der Waals surface area contributed by atoms with Crippen LogP contribution in [0.15, 0.2) is 36.8 Å². The predicted octanol–water partition coefficient (Wildman–Crippen LogP) is 5.71. The van der Waals surface area contributed by atoms with Crippen LogP contribution in [-0.2, 0) is 13.0 Å². The van der Waals surface area contributed by atoms with Gasteiger partial charge in [-0.05, 0) is 44.0 Å². The standard InChI is InChI=1S/C25H28ClFN4O2/c1-6-20-18(12-31(30-20)13-25(3,4)32)15-9-16-17(11-29-24(16)28-10-15)14(2)22-21(33-5)8-7-19(27)23(22)26/h7-12,14,32H,6,13H2,1-5H3,(H,28,29). The van der Waals surface area contributed by atoms with Gasteiger partial charge in [-0.15, -0.1) is 0 Å². The summed E-state index contributed by atoms with van der Waals surface area (Å²) in [4.78, 5) is 7.83. The number of pyridine rings is 1. The van der Waals surface area contributed by atoms with Crippen LogP contribution in [0, 0.1) is 5.82 Å². The fourth-order valence-corrected chi connectivity index (χ4v) is 4.58. The summed E-state index contributed by atoms with van der Waals surface area (Å²) in [7, 11) is 1.55. The predicted molar refractivity (Wildman–Crippen MR) is 128 cm³/mol. The summed E-state index contributed by atoms with van der Waals surface area (Å²) in [5.41, 5.74) is 4.21. The molecule has 4 rings (SSSR count). The van der Waals surface area contributed by atoms with Crippen LogP contribution in [0.2, 0.25) is 5.02 Å². The molecular weight excluding hydrogens is 443 g/mol. The van der Waals surface area contributed by atoms with Crippen LogP contribution in [0.5, 0.6) is 5.75 Å². The number of halogens is 2. The van der Waals surface area contributed by atoms with Gasteiger partial charge < -0.3 is 14.8 Å². The van der Waals surface area contributed by atoms with Gasteiger partial charge in [0.15, 0.2) is 0 Å². The highest BCUT2D eigenvalue weighted by atomic mass is 35.5. The molecule has 0 aliphatic rings. The molecule has 1 aromatic carbocycles. The second-order valence-corrected chi connectivity index (χ2v) is 9.29. The molecule has 1 atom stereocenters. The number of nitrogens with zero attached hydrogens (tertiary/aromatic N) is 3. The molecule has 3 aromatic heterocycles. The zero-order valence-corrected chi connectivity index (χ0v) is 20.2. The third-order valence-corrected chi connectivity index (χ3v) is 6.19. The monoisotopic (exact) mass is 470 g/mol. The molecule has 0 amide bonds. The number of rotatable bonds is 7. The van der Waals surface area contributed by atoms with E-state index in [0.717, 1.165) is 39.8 Å². The number of hydrogen-bond donors (Lipinski definition) is 2. The van der Waals surface area contributed by atoms with E-state index in [0.29, 0.717) is 17.9 Å². The van der Waals surface area contributed by atoms with E-state index in [1.807, 2.05) is 32.4 Å². The molecule has 8 heteroatoms. The fraction of sp³-hybridized carbons (Fsp3) is 0.360. The summed E-state index contributed by atoms with van der Waals surface area (Å²) in [5.74, 6) is -0.184. The Kier molecular flexibility index (Phi) is 6.20. The molecule has 3 heterocycles. The van der Waals surface area contributed by atoms with E-state index < -0.39 is 11.4 Å². The van der Waals surface area contributed by atoms with Gasteiger partial charge in [0.25, 0.3) is 0 Å². The molecule has 0 fully saturated rings. The van der Waals surface area contributed by atoms with Crippen LogP contribution < -0.4 is 4.74 Å². The van der Waals surface area contributed by atoms with Gasteiger partial charge in [-0.1, -0.05) is 25.4 Å². The van der Waals surface area contributed by atoms with Gasteiger partial charge >= 0.3 is 0 Å². The lowest BCUT2D eigenvalue weighted by Gasteiger charge is -2.17. The Morgan fingerprint density at radius 2 is 2.09 bits per heavy atom. The van der Waals surface area contributed by atoms with Crippen molar-refractivity contribution >= 4 is 22.6 Å². The first-order valence-corrected chi connectivity index (χ1v) is 11.3. The Morgan fingerprint density at radius 1 is 1.33 bits per heavy atom. The molecule has 0 bridgehead atoms. The van der Waals surface area contributed by atoms with E-state index in [9.17, 15) is 9.50 Å².